The van der Waals surface area contributed by atoms with E-state index in [9.17, 15) is 4.79 Å². The van der Waals surface area contributed by atoms with Crippen molar-refractivity contribution in [1.29, 1.82) is 0 Å². The number of hydrogen-bond acceptors (Lipinski definition) is 4. The Morgan fingerprint density at radius 3 is 2.36 bits per heavy atom. The van der Waals surface area contributed by atoms with E-state index in [4.69, 9.17) is 15.4 Å². The summed E-state index contributed by atoms with van der Waals surface area (Å²) in [7, 11) is 1.28. The van der Waals surface area contributed by atoms with E-state index in [1.54, 1.807) is 14.0 Å². The minimum Gasteiger partial charge on any atom is -0.379 e. The molecule has 1 rings (SSSR count). The van der Waals surface area contributed by atoms with E-state index in [1.807, 2.05) is 25.1 Å². The van der Waals surface area contributed by atoms with Gasteiger partial charge < -0.3 is 20.7 Å². The van der Waals surface area contributed by atoms with Crippen LogP contribution in [0.3, 0.4) is 0 Å². The fourth-order valence-electron chi connectivity index (χ4n) is 1.95. The van der Waals surface area contributed by atoms with Crippen LogP contribution in [-0.4, -0.2) is 36.3 Å². The monoisotopic (exact) mass is 328 g/mol. The topological polar surface area (TPSA) is 84.6 Å². The number of carbonyl (C=O) groups excluding carboxylic acids is 1. The predicted molar refractivity (Wildman–Crippen MR) is 92.9 cm³/mol. The molecule has 0 aliphatic heterocycles. The van der Waals surface area contributed by atoms with Crippen LogP contribution < -0.4 is 11.1 Å². The molecule has 126 valence electrons. The van der Waals surface area contributed by atoms with Crippen LogP contribution in [0.1, 0.15) is 25.8 Å². The molecular weight excluding hydrogens is 299 g/mol. The summed E-state index contributed by atoms with van der Waals surface area (Å²) in [6, 6.07) is 10.1. The van der Waals surface area contributed by atoms with Crippen molar-refractivity contribution in [2.45, 2.75) is 39.3 Å². The van der Waals surface area contributed by atoms with E-state index in [0.717, 1.165) is 6.42 Å². The highest BCUT2D eigenvalue weighted by atomic mass is 31.1. The maximum absolute atomic E-state index is 11.6. The highest BCUT2D eigenvalue weighted by Gasteiger charge is 2.27. The van der Waals surface area contributed by atoms with Gasteiger partial charge in [0.15, 0.2) is 0 Å². The number of nitrogens with two attached hydrogens (primary N) is 1. The van der Waals surface area contributed by atoms with Crippen LogP contribution in [0.25, 0.3) is 0 Å². The molecule has 0 bridgehead atoms. The van der Waals surface area contributed by atoms with Crippen molar-refractivity contribution in [3.8, 4) is 0 Å². The Kier molecular flexibility index (Phi) is 12.0. The molecule has 1 aromatic carbocycles. The van der Waals surface area contributed by atoms with E-state index >= 15 is 0 Å². The van der Waals surface area contributed by atoms with Gasteiger partial charge in [0.05, 0.1) is 18.3 Å². The Labute approximate surface area is 135 Å². The van der Waals surface area contributed by atoms with Crippen molar-refractivity contribution in [2.75, 3.05) is 13.4 Å². The van der Waals surface area contributed by atoms with Crippen LogP contribution in [-0.2, 0) is 9.53 Å². The van der Waals surface area contributed by atoms with E-state index in [0.29, 0.717) is 6.29 Å². The van der Waals surface area contributed by atoms with Gasteiger partial charge in [0, 0.05) is 22.0 Å². The summed E-state index contributed by atoms with van der Waals surface area (Å²) >= 11 is 0. The van der Waals surface area contributed by atoms with Crippen molar-refractivity contribution in [3.63, 3.8) is 0 Å². The molecule has 0 heterocycles. The maximum atomic E-state index is 11.6. The number of nitrogens with one attached hydrogen (secondary N) is 1. The highest BCUT2D eigenvalue weighted by molar-refractivity contribution is 7.31. The minimum atomic E-state index is -0.304. The molecule has 0 aliphatic carbocycles. The molecule has 4 unspecified atom stereocenters. The second-order valence-electron chi connectivity index (χ2n) is 5.09. The molecule has 4 atom stereocenters. The third kappa shape index (κ3) is 8.44. The third-order valence-corrected chi connectivity index (χ3v) is 3.69. The van der Waals surface area contributed by atoms with Gasteiger partial charge in [-0.2, -0.15) is 0 Å². The zero-order valence-electron chi connectivity index (χ0n) is 13.9. The third-order valence-electron chi connectivity index (χ3n) is 3.35. The Morgan fingerprint density at radius 2 is 2.00 bits per heavy atom. The standard InChI is InChI=1S/C9H21N2O3P.C7H8/c1-4-7(10)8(14-3)6(2)9(12)11-5-15-13;1-7-5-3-2-4-6-7/h6-8,13,15H,4-5,10H2,1-3H3,(H,11,12);2-6H,1H3. The number of ether oxygens (including phenoxy) is 1. The van der Waals surface area contributed by atoms with Crippen molar-refractivity contribution in [3.05, 3.63) is 35.9 Å². The zero-order chi connectivity index (χ0) is 17.0. The Balaban J connectivity index is 0.000000518. The fourth-order valence-corrected chi connectivity index (χ4v) is 2.21. The fraction of sp³-hybridized carbons (Fsp3) is 0.562. The quantitative estimate of drug-likeness (QED) is 0.669. The predicted octanol–water partition coefficient (Wildman–Crippen LogP) is 2.03. The second kappa shape index (κ2) is 12.5. The van der Waals surface area contributed by atoms with E-state index in [2.05, 4.69) is 24.4 Å². The van der Waals surface area contributed by atoms with Gasteiger partial charge in [-0.1, -0.05) is 49.7 Å². The summed E-state index contributed by atoms with van der Waals surface area (Å²) < 4.78 is 5.22. The summed E-state index contributed by atoms with van der Waals surface area (Å²) in [6.07, 6.45) is 0.774. The molecule has 22 heavy (non-hydrogen) atoms. The normalized spacial score (nSPS) is 14.8. The van der Waals surface area contributed by atoms with Crippen LogP contribution in [0, 0.1) is 12.8 Å². The lowest BCUT2D eigenvalue weighted by molar-refractivity contribution is -0.129. The van der Waals surface area contributed by atoms with Gasteiger partial charge in [-0.05, 0) is 13.3 Å². The lowest BCUT2D eigenvalue weighted by Crippen LogP contribution is -2.46. The van der Waals surface area contributed by atoms with Gasteiger partial charge in [-0.25, -0.2) is 0 Å². The Bertz CT molecular complexity index is 404. The summed E-state index contributed by atoms with van der Waals surface area (Å²) in [5, 5.41) is 2.61. The van der Waals surface area contributed by atoms with Gasteiger partial charge in [-0.3, -0.25) is 4.79 Å². The van der Waals surface area contributed by atoms with Gasteiger partial charge in [0.1, 0.15) is 0 Å². The van der Waals surface area contributed by atoms with E-state index < -0.39 is 0 Å². The molecule has 0 saturated carbocycles. The molecule has 1 aromatic rings. The van der Waals surface area contributed by atoms with Crippen LogP contribution >= 0.6 is 8.81 Å². The number of rotatable bonds is 7. The number of hydrogen-bond donors (Lipinski definition) is 3. The molecule has 0 aromatic heterocycles. The first-order valence-electron chi connectivity index (χ1n) is 7.42. The van der Waals surface area contributed by atoms with Gasteiger partial charge in [0.25, 0.3) is 0 Å². The van der Waals surface area contributed by atoms with Gasteiger partial charge in [0.2, 0.25) is 5.91 Å². The first-order chi connectivity index (χ1) is 10.5. The first kappa shape index (κ1) is 21.0. The van der Waals surface area contributed by atoms with Gasteiger partial charge >= 0.3 is 0 Å². The number of amides is 1. The van der Waals surface area contributed by atoms with Crippen LogP contribution in [0.4, 0.5) is 0 Å². The lowest BCUT2D eigenvalue weighted by atomic mass is 9.96. The average molecular weight is 328 g/mol. The number of aryl methyl sites for hydroxylation is 1. The first-order valence-corrected chi connectivity index (χ1v) is 8.58. The van der Waals surface area contributed by atoms with E-state index in [1.165, 1.54) is 5.56 Å². The van der Waals surface area contributed by atoms with Gasteiger partial charge in [-0.15, -0.1) is 0 Å². The molecule has 0 aliphatic rings. The molecule has 0 saturated heterocycles. The average Bonchev–Trinajstić information content (AvgIpc) is 2.54. The molecule has 1 amide bonds. The van der Waals surface area contributed by atoms with Crippen LogP contribution in [0.2, 0.25) is 0 Å². The number of carbonyl (C=O) groups is 1. The van der Waals surface area contributed by atoms with Crippen molar-refractivity contribution in [2.24, 2.45) is 11.7 Å². The second-order valence-corrected chi connectivity index (χ2v) is 5.76. The molecule has 5 nitrogen and oxygen atoms in total. The van der Waals surface area contributed by atoms with Crippen molar-refractivity contribution < 1.29 is 14.4 Å². The maximum Gasteiger partial charge on any atom is 0.225 e. The SMILES string of the molecule is CCC(N)C(OC)C(C)C(=O)NCPO.Cc1ccccc1. The van der Waals surface area contributed by atoms with Crippen LogP contribution in [0.15, 0.2) is 30.3 Å². The Hall–Kier alpha value is -1.00. The van der Waals surface area contributed by atoms with Crippen molar-refractivity contribution in [1.82, 2.24) is 5.32 Å². The highest BCUT2D eigenvalue weighted by Crippen LogP contribution is 2.12. The molecule has 0 radical (unpaired) electrons. The summed E-state index contributed by atoms with van der Waals surface area (Å²) in [6.45, 7) is 5.82. The van der Waals surface area contributed by atoms with Crippen LogP contribution in [0.5, 0.6) is 0 Å². The summed E-state index contributed by atoms with van der Waals surface area (Å²) in [5.74, 6) is -0.436. The summed E-state index contributed by atoms with van der Waals surface area (Å²) in [4.78, 5) is 20.2. The van der Waals surface area contributed by atoms with E-state index in [-0.39, 0.29) is 32.8 Å². The summed E-state index contributed by atoms with van der Waals surface area (Å²) in [5.41, 5.74) is 7.16. The largest absolute Gasteiger partial charge is 0.379 e. The minimum absolute atomic E-state index is 0.132. The molecular formula is C16H29N2O3P. The smallest absolute Gasteiger partial charge is 0.225 e. The molecule has 0 spiro atoms. The number of methoxy groups -OCH3 is 1. The number of benzene rings is 1. The molecule has 0 fully saturated rings. The lowest BCUT2D eigenvalue weighted by Gasteiger charge is -2.26. The zero-order valence-corrected chi connectivity index (χ0v) is 14.9. The molecule has 4 N–H and O–H groups in total. The molecule has 6 heteroatoms. The van der Waals surface area contributed by atoms with Crippen molar-refractivity contribution >= 4 is 14.7 Å². The Morgan fingerprint density at radius 1 is 1.41 bits per heavy atom.